The van der Waals surface area contributed by atoms with Gasteiger partial charge < -0.3 is 25.8 Å². The molecule has 0 unspecified atom stereocenters. The van der Waals surface area contributed by atoms with Crippen LogP contribution in [-0.4, -0.2) is 61.9 Å². The molecule has 0 aromatic heterocycles. The van der Waals surface area contributed by atoms with Gasteiger partial charge in [-0.25, -0.2) is 0 Å². The highest BCUT2D eigenvalue weighted by atomic mass is 16.5. The molecule has 0 bridgehead atoms. The lowest BCUT2D eigenvalue weighted by molar-refractivity contribution is -0.132. The molecule has 0 radical (unpaired) electrons. The Balaban J connectivity index is 2.21. The number of likely N-dealkylation sites (tertiary alicyclic amines) is 1. The van der Waals surface area contributed by atoms with E-state index in [-0.39, 0.29) is 18.1 Å². The number of nitrogens with two attached hydrogens (primary N) is 2. The summed E-state index contributed by atoms with van der Waals surface area (Å²) in [5, 5.41) is 0. The van der Waals surface area contributed by atoms with Crippen LogP contribution in [-0.2, 0) is 14.3 Å². The average molecular weight is 714 g/mol. The third kappa shape index (κ3) is 28.4. The fourth-order valence-corrected chi connectivity index (χ4v) is 6.59. The zero-order chi connectivity index (χ0) is 36.9. The average Bonchev–Trinajstić information content (AvgIpc) is 3.55. The van der Waals surface area contributed by atoms with E-state index in [4.69, 9.17) is 20.9 Å². The van der Waals surface area contributed by atoms with Gasteiger partial charge in [0.25, 0.3) is 0 Å². The summed E-state index contributed by atoms with van der Waals surface area (Å²) in [4.78, 5) is 14.9. The largest absolute Gasteiger partial charge is 0.374 e. The van der Waals surface area contributed by atoms with Gasteiger partial charge in [0.05, 0.1) is 6.04 Å². The molecule has 1 aliphatic rings. The molecule has 0 aromatic carbocycles. The molecule has 1 aliphatic heterocycles. The quantitative estimate of drug-likeness (QED) is 0.0498. The SMILES string of the molecule is CCCCCC=CCC=CCCCCCCCCO[C@@H]1CN(C(=O)[C@@H](N)CCCN)C[C@H]1OCCCCCCCCC=CCC=CCCCCC. The molecule has 1 saturated heterocycles. The monoisotopic (exact) mass is 714 g/mol. The second-order valence-corrected chi connectivity index (χ2v) is 14.8. The van der Waals surface area contributed by atoms with Crippen LogP contribution in [0.4, 0.5) is 0 Å². The third-order valence-electron chi connectivity index (χ3n) is 9.92. The van der Waals surface area contributed by atoms with E-state index < -0.39 is 6.04 Å². The summed E-state index contributed by atoms with van der Waals surface area (Å²) in [5.41, 5.74) is 11.9. The molecule has 0 spiro atoms. The van der Waals surface area contributed by atoms with Crippen molar-refractivity contribution in [2.45, 2.75) is 199 Å². The molecule has 296 valence electrons. The minimum atomic E-state index is -0.492. The highest BCUT2D eigenvalue weighted by molar-refractivity contribution is 5.82. The van der Waals surface area contributed by atoms with E-state index in [1.54, 1.807) is 0 Å². The topological polar surface area (TPSA) is 90.8 Å². The van der Waals surface area contributed by atoms with Crippen molar-refractivity contribution in [3.8, 4) is 0 Å². The molecule has 4 N–H and O–H groups in total. The predicted octanol–water partition coefficient (Wildman–Crippen LogP) is 11.3. The number of carbonyl (C=O) groups is 1. The normalized spacial score (nSPS) is 17.4. The number of rotatable bonds is 36. The van der Waals surface area contributed by atoms with Crippen LogP contribution in [0.1, 0.15) is 181 Å². The van der Waals surface area contributed by atoms with Gasteiger partial charge in [0.2, 0.25) is 5.91 Å². The van der Waals surface area contributed by atoms with Crippen molar-refractivity contribution < 1.29 is 14.3 Å². The maximum absolute atomic E-state index is 13.0. The Labute approximate surface area is 316 Å². The fraction of sp³-hybridized carbons (Fsp3) is 0.800. The Kier molecular flexibility index (Phi) is 34.0. The number of allylic oxidation sites excluding steroid dienone is 8. The summed E-state index contributed by atoms with van der Waals surface area (Å²) in [6.07, 6.45) is 49.5. The number of hydrogen-bond acceptors (Lipinski definition) is 5. The van der Waals surface area contributed by atoms with Crippen molar-refractivity contribution >= 4 is 5.91 Å². The Morgan fingerprint density at radius 1 is 0.569 bits per heavy atom. The molecule has 1 fully saturated rings. The van der Waals surface area contributed by atoms with Crippen molar-refractivity contribution in [2.24, 2.45) is 11.5 Å². The lowest BCUT2D eigenvalue weighted by atomic mass is 10.1. The van der Waals surface area contributed by atoms with E-state index in [1.165, 1.54) is 128 Å². The molecule has 6 nitrogen and oxygen atoms in total. The van der Waals surface area contributed by atoms with Crippen LogP contribution in [0.3, 0.4) is 0 Å². The first kappa shape index (κ1) is 47.3. The Morgan fingerprint density at radius 3 is 1.33 bits per heavy atom. The van der Waals surface area contributed by atoms with Crippen LogP contribution in [0.2, 0.25) is 0 Å². The highest BCUT2D eigenvalue weighted by Gasteiger charge is 2.38. The maximum Gasteiger partial charge on any atom is 0.239 e. The first-order chi connectivity index (χ1) is 25.1. The van der Waals surface area contributed by atoms with Gasteiger partial charge in [0, 0.05) is 26.3 Å². The van der Waals surface area contributed by atoms with Crippen molar-refractivity contribution in [1.82, 2.24) is 4.90 Å². The van der Waals surface area contributed by atoms with Gasteiger partial charge in [-0.15, -0.1) is 0 Å². The van der Waals surface area contributed by atoms with Gasteiger partial charge in [-0.3, -0.25) is 4.79 Å². The van der Waals surface area contributed by atoms with E-state index in [0.29, 0.717) is 26.1 Å². The van der Waals surface area contributed by atoms with Gasteiger partial charge in [-0.05, 0) is 96.4 Å². The standard InChI is InChI=1S/C45H83N3O3/c1-3-5-7-9-11-13-15-17-19-21-23-25-27-29-31-33-38-50-43-40-48(45(49)42(47)36-35-37-46)41-44(43)51-39-34-32-30-28-26-24-22-20-18-16-14-12-10-8-6-4-2/h11-14,17-20,42-44H,3-10,15-16,21-41,46-47H2,1-2H3/t42-,43+,44+/m0/s1. The summed E-state index contributed by atoms with van der Waals surface area (Å²) >= 11 is 0. The van der Waals surface area contributed by atoms with Crippen molar-refractivity contribution in [1.29, 1.82) is 0 Å². The minimum Gasteiger partial charge on any atom is -0.374 e. The van der Waals surface area contributed by atoms with Crippen LogP contribution >= 0.6 is 0 Å². The fourth-order valence-electron chi connectivity index (χ4n) is 6.59. The number of hydrogen-bond donors (Lipinski definition) is 2. The van der Waals surface area contributed by atoms with Crippen molar-refractivity contribution in [2.75, 3.05) is 32.8 Å². The molecule has 1 amide bonds. The third-order valence-corrected chi connectivity index (χ3v) is 9.92. The lowest BCUT2D eigenvalue weighted by Gasteiger charge is -2.20. The van der Waals surface area contributed by atoms with E-state index >= 15 is 0 Å². The number of ether oxygens (including phenoxy) is 2. The minimum absolute atomic E-state index is 0.00517. The van der Waals surface area contributed by atoms with Crippen LogP contribution in [0, 0.1) is 0 Å². The molecule has 0 saturated carbocycles. The first-order valence-electron chi connectivity index (χ1n) is 21.7. The van der Waals surface area contributed by atoms with Gasteiger partial charge in [0.1, 0.15) is 12.2 Å². The van der Waals surface area contributed by atoms with Crippen LogP contribution in [0.25, 0.3) is 0 Å². The Hall–Kier alpha value is -1.73. The summed E-state index contributed by atoms with van der Waals surface area (Å²) in [6.45, 7) is 7.67. The number of nitrogens with zero attached hydrogens (tertiary/aromatic N) is 1. The maximum atomic E-state index is 13.0. The van der Waals surface area contributed by atoms with Crippen LogP contribution < -0.4 is 11.5 Å². The van der Waals surface area contributed by atoms with E-state index in [2.05, 4.69) is 62.5 Å². The molecule has 3 atom stereocenters. The molecular weight excluding hydrogens is 631 g/mol. The molecule has 0 aromatic rings. The highest BCUT2D eigenvalue weighted by Crippen LogP contribution is 2.20. The first-order valence-corrected chi connectivity index (χ1v) is 21.7. The molecule has 6 heteroatoms. The predicted molar refractivity (Wildman–Crippen MR) is 221 cm³/mol. The summed E-state index contributed by atoms with van der Waals surface area (Å²) < 4.78 is 12.7. The van der Waals surface area contributed by atoms with Crippen molar-refractivity contribution in [3.63, 3.8) is 0 Å². The Morgan fingerprint density at radius 2 is 0.941 bits per heavy atom. The lowest BCUT2D eigenvalue weighted by Crippen LogP contribution is -2.43. The molecular formula is C45H83N3O3. The molecule has 1 heterocycles. The molecule has 1 rings (SSSR count). The van der Waals surface area contributed by atoms with Gasteiger partial charge in [-0.2, -0.15) is 0 Å². The zero-order valence-electron chi connectivity index (χ0n) is 33.6. The molecule has 0 aliphatic carbocycles. The number of carbonyl (C=O) groups excluding carboxylic acids is 1. The summed E-state index contributed by atoms with van der Waals surface area (Å²) in [6, 6.07) is -0.492. The van der Waals surface area contributed by atoms with Crippen molar-refractivity contribution in [3.05, 3.63) is 48.6 Å². The van der Waals surface area contributed by atoms with Crippen LogP contribution in [0.5, 0.6) is 0 Å². The molecule has 51 heavy (non-hydrogen) atoms. The zero-order valence-corrected chi connectivity index (χ0v) is 33.6. The van der Waals surface area contributed by atoms with Crippen LogP contribution in [0.15, 0.2) is 48.6 Å². The van der Waals surface area contributed by atoms with E-state index in [1.807, 2.05) is 4.90 Å². The summed E-state index contributed by atoms with van der Waals surface area (Å²) in [7, 11) is 0. The smallest absolute Gasteiger partial charge is 0.239 e. The summed E-state index contributed by atoms with van der Waals surface area (Å²) in [5.74, 6) is 0.00517. The number of unbranched alkanes of at least 4 members (excludes halogenated alkanes) is 18. The Bertz CT molecular complexity index is 828. The van der Waals surface area contributed by atoms with Gasteiger partial charge >= 0.3 is 0 Å². The van der Waals surface area contributed by atoms with E-state index in [9.17, 15) is 4.79 Å². The van der Waals surface area contributed by atoms with Gasteiger partial charge in [0.15, 0.2) is 0 Å². The van der Waals surface area contributed by atoms with Gasteiger partial charge in [-0.1, -0.05) is 140 Å². The second kappa shape index (κ2) is 36.6. The second-order valence-electron chi connectivity index (χ2n) is 14.8. The number of amides is 1. The van der Waals surface area contributed by atoms with E-state index in [0.717, 1.165) is 45.3 Å².